The standard InChI is InChI=1S/C15H23NO2/c1-5-15-14(6-10(2)16-15)11-7-12(17-3)9-13(8-11)18-4/h7-10,14-16H,5-6H2,1-4H3. The second kappa shape index (κ2) is 5.61. The molecule has 1 heterocycles. The fourth-order valence-electron chi connectivity index (χ4n) is 2.91. The van der Waals surface area contributed by atoms with Gasteiger partial charge in [-0.3, -0.25) is 0 Å². The molecule has 0 saturated carbocycles. The third-order valence-corrected chi connectivity index (χ3v) is 3.83. The van der Waals surface area contributed by atoms with E-state index in [1.807, 2.05) is 6.07 Å². The molecule has 1 aromatic carbocycles. The highest BCUT2D eigenvalue weighted by molar-refractivity contribution is 5.41. The molecule has 1 aromatic rings. The van der Waals surface area contributed by atoms with Gasteiger partial charge < -0.3 is 14.8 Å². The molecule has 1 N–H and O–H groups in total. The first-order valence-corrected chi connectivity index (χ1v) is 6.67. The van der Waals surface area contributed by atoms with Crippen LogP contribution in [0.1, 0.15) is 38.2 Å². The molecule has 0 aliphatic carbocycles. The smallest absolute Gasteiger partial charge is 0.122 e. The van der Waals surface area contributed by atoms with E-state index in [0.717, 1.165) is 17.9 Å². The molecule has 1 saturated heterocycles. The van der Waals surface area contributed by atoms with E-state index in [1.165, 1.54) is 12.0 Å². The summed E-state index contributed by atoms with van der Waals surface area (Å²) in [5.74, 6) is 2.30. The average Bonchev–Trinajstić information content (AvgIpc) is 2.79. The Morgan fingerprint density at radius 1 is 1.17 bits per heavy atom. The number of hydrogen-bond acceptors (Lipinski definition) is 3. The van der Waals surface area contributed by atoms with Crippen LogP contribution < -0.4 is 14.8 Å². The summed E-state index contributed by atoms with van der Waals surface area (Å²) in [4.78, 5) is 0. The zero-order chi connectivity index (χ0) is 13.1. The van der Waals surface area contributed by atoms with Gasteiger partial charge in [-0.25, -0.2) is 0 Å². The van der Waals surface area contributed by atoms with Crippen molar-refractivity contribution in [3.05, 3.63) is 23.8 Å². The lowest BCUT2D eigenvalue weighted by atomic mass is 9.89. The summed E-state index contributed by atoms with van der Waals surface area (Å²) in [7, 11) is 3.40. The van der Waals surface area contributed by atoms with Gasteiger partial charge >= 0.3 is 0 Å². The number of methoxy groups -OCH3 is 2. The van der Waals surface area contributed by atoms with Crippen molar-refractivity contribution in [2.45, 2.75) is 44.7 Å². The number of rotatable bonds is 4. The fraction of sp³-hybridized carbons (Fsp3) is 0.600. The summed E-state index contributed by atoms with van der Waals surface area (Å²) in [5, 5.41) is 3.65. The van der Waals surface area contributed by atoms with E-state index in [1.54, 1.807) is 14.2 Å². The largest absolute Gasteiger partial charge is 0.497 e. The molecule has 0 radical (unpaired) electrons. The maximum absolute atomic E-state index is 5.35. The minimum atomic E-state index is 0.550. The quantitative estimate of drug-likeness (QED) is 0.890. The van der Waals surface area contributed by atoms with Crippen LogP contribution in [0.3, 0.4) is 0 Å². The maximum Gasteiger partial charge on any atom is 0.122 e. The third kappa shape index (κ3) is 2.61. The Morgan fingerprint density at radius 2 is 1.78 bits per heavy atom. The summed E-state index contributed by atoms with van der Waals surface area (Å²) in [6.45, 7) is 4.49. The molecule has 1 aliphatic heterocycles. The minimum Gasteiger partial charge on any atom is -0.497 e. The van der Waals surface area contributed by atoms with Crippen LogP contribution in [0.5, 0.6) is 11.5 Å². The van der Waals surface area contributed by atoms with Crippen LogP contribution >= 0.6 is 0 Å². The Labute approximate surface area is 109 Å². The molecule has 0 aromatic heterocycles. The molecule has 3 unspecified atom stereocenters. The molecule has 100 valence electrons. The van der Waals surface area contributed by atoms with Gasteiger partial charge in [-0.1, -0.05) is 6.92 Å². The average molecular weight is 249 g/mol. The van der Waals surface area contributed by atoms with Gasteiger partial charge in [-0.2, -0.15) is 0 Å². The molecule has 0 spiro atoms. The SMILES string of the molecule is CCC1NC(C)CC1c1cc(OC)cc(OC)c1. The number of nitrogens with one attached hydrogen (secondary N) is 1. The third-order valence-electron chi connectivity index (χ3n) is 3.83. The molecule has 1 fully saturated rings. The Morgan fingerprint density at radius 3 is 2.28 bits per heavy atom. The number of ether oxygens (including phenoxy) is 2. The molecule has 0 bridgehead atoms. The van der Waals surface area contributed by atoms with Crippen molar-refractivity contribution in [3.8, 4) is 11.5 Å². The van der Waals surface area contributed by atoms with E-state index in [4.69, 9.17) is 9.47 Å². The Hall–Kier alpha value is -1.22. The van der Waals surface area contributed by atoms with Crippen molar-refractivity contribution in [3.63, 3.8) is 0 Å². The van der Waals surface area contributed by atoms with Gasteiger partial charge in [0.05, 0.1) is 14.2 Å². The normalized spacial score (nSPS) is 27.2. The zero-order valence-corrected chi connectivity index (χ0v) is 11.7. The molecule has 2 rings (SSSR count). The van der Waals surface area contributed by atoms with Gasteiger partial charge in [0.25, 0.3) is 0 Å². The van der Waals surface area contributed by atoms with Gasteiger partial charge in [0.2, 0.25) is 0 Å². The predicted molar refractivity (Wildman–Crippen MR) is 73.6 cm³/mol. The lowest BCUT2D eigenvalue weighted by Gasteiger charge is -2.19. The summed E-state index contributed by atoms with van der Waals surface area (Å²) >= 11 is 0. The Bertz CT molecular complexity index is 383. The lowest BCUT2D eigenvalue weighted by Crippen LogP contribution is -2.28. The first-order chi connectivity index (χ1) is 8.67. The maximum atomic E-state index is 5.35. The summed E-state index contributed by atoms with van der Waals surface area (Å²) in [6.07, 6.45) is 2.32. The van der Waals surface area contributed by atoms with Gasteiger partial charge in [0.15, 0.2) is 0 Å². The van der Waals surface area contributed by atoms with Gasteiger partial charge in [0.1, 0.15) is 11.5 Å². The fourth-order valence-corrected chi connectivity index (χ4v) is 2.91. The van der Waals surface area contributed by atoms with E-state index < -0.39 is 0 Å². The van der Waals surface area contributed by atoms with Crippen molar-refractivity contribution in [1.82, 2.24) is 5.32 Å². The van der Waals surface area contributed by atoms with Gasteiger partial charge in [0, 0.05) is 24.1 Å². The summed E-state index contributed by atoms with van der Waals surface area (Å²) < 4.78 is 10.7. The molecule has 3 nitrogen and oxygen atoms in total. The van der Waals surface area contributed by atoms with Crippen LogP contribution in [0, 0.1) is 0 Å². The highest BCUT2D eigenvalue weighted by Crippen LogP contribution is 2.36. The molecular weight excluding hydrogens is 226 g/mol. The Kier molecular flexibility index (Phi) is 4.12. The summed E-state index contributed by atoms with van der Waals surface area (Å²) in [6, 6.07) is 7.33. The second-order valence-electron chi connectivity index (χ2n) is 5.07. The monoisotopic (exact) mass is 249 g/mol. The topological polar surface area (TPSA) is 30.5 Å². The van der Waals surface area contributed by atoms with Crippen molar-refractivity contribution in [2.24, 2.45) is 0 Å². The Balaban J connectivity index is 2.31. The van der Waals surface area contributed by atoms with Crippen molar-refractivity contribution < 1.29 is 9.47 Å². The van der Waals surface area contributed by atoms with Crippen molar-refractivity contribution in [1.29, 1.82) is 0 Å². The van der Waals surface area contributed by atoms with Crippen molar-refractivity contribution >= 4 is 0 Å². The van der Waals surface area contributed by atoms with Crippen molar-refractivity contribution in [2.75, 3.05) is 14.2 Å². The molecule has 3 atom stereocenters. The second-order valence-corrected chi connectivity index (χ2v) is 5.07. The molecular formula is C15H23NO2. The minimum absolute atomic E-state index is 0.550. The molecule has 3 heteroatoms. The lowest BCUT2D eigenvalue weighted by molar-refractivity contribution is 0.391. The number of benzene rings is 1. The van der Waals surface area contributed by atoms with E-state index in [9.17, 15) is 0 Å². The first kappa shape index (κ1) is 13.2. The molecule has 0 amide bonds. The van der Waals surface area contributed by atoms with Crippen LogP contribution in [0.15, 0.2) is 18.2 Å². The highest BCUT2D eigenvalue weighted by atomic mass is 16.5. The van der Waals surface area contributed by atoms with Gasteiger partial charge in [-0.05, 0) is 37.5 Å². The highest BCUT2D eigenvalue weighted by Gasteiger charge is 2.31. The van der Waals surface area contributed by atoms with E-state index in [2.05, 4.69) is 31.3 Å². The van der Waals surface area contributed by atoms with E-state index in [0.29, 0.717) is 18.0 Å². The van der Waals surface area contributed by atoms with Crippen LogP contribution in [-0.2, 0) is 0 Å². The van der Waals surface area contributed by atoms with Crippen LogP contribution in [0.25, 0.3) is 0 Å². The molecule has 18 heavy (non-hydrogen) atoms. The van der Waals surface area contributed by atoms with Crippen LogP contribution in [-0.4, -0.2) is 26.3 Å². The number of hydrogen-bond donors (Lipinski definition) is 1. The van der Waals surface area contributed by atoms with Crippen LogP contribution in [0.4, 0.5) is 0 Å². The zero-order valence-electron chi connectivity index (χ0n) is 11.7. The first-order valence-electron chi connectivity index (χ1n) is 6.67. The van der Waals surface area contributed by atoms with E-state index in [-0.39, 0.29) is 0 Å². The summed E-state index contributed by atoms with van der Waals surface area (Å²) in [5.41, 5.74) is 1.31. The van der Waals surface area contributed by atoms with Gasteiger partial charge in [-0.15, -0.1) is 0 Å². The predicted octanol–water partition coefficient (Wildman–Crippen LogP) is 2.95. The van der Waals surface area contributed by atoms with E-state index >= 15 is 0 Å². The molecule has 1 aliphatic rings. The van der Waals surface area contributed by atoms with Crippen LogP contribution in [0.2, 0.25) is 0 Å².